The summed E-state index contributed by atoms with van der Waals surface area (Å²) < 4.78 is 26.6. The quantitative estimate of drug-likeness (QED) is 0.807. The molecule has 0 amide bonds. The Morgan fingerprint density at radius 2 is 2.10 bits per heavy atom. The summed E-state index contributed by atoms with van der Waals surface area (Å²) in [7, 11) is -3.87. The molecule has 0 aliphatic heterocycles. The fourth-order valence-electron chi connectivity index (χ4n) is 1.57. The monoisotopic (exact) mass is 314 g/mol. The van der Waals surface area contributed by atoms with Crippen LogP contribution in [0.25, 0.3) is 0 Å². The number of H-pyrrole nitrogens is 1. The second-order valence-corrected chi connectivity index (χ2v) is 6.16. The molecule has 0 aliphatic rings. The van der Waals surface area contributed by atoms with Crippen molar-refractivity contribution in [2.24, 2.45) is 0 Å². The van der Waals surface area contributed by atoms with E-state index in [9.17, 15) is 13.2 Å². The lowest BCUT2D eigenvalue weighted by Gasteiger charge is -2.10. The smallest absolute Gasteiger partial charge is 0.352 e. The second-order valence-electron chi connectivity index (χ2n) is 4.07. The van der Waals surface area contributed by atoms with Gasteiger partial charge in [0.15, 0.2) is 0 Å². The average Bonchev–Trinajstić information content (AvgIpc) is 2.85. The van der Waals surface area contributed by atoms with Crippen molar-refractivity contribution in [1.29, 1.82) is 0 Å². The van der Waals surface area contributed by atoms with Crippen LogP contribution in [0.5, 0.6) is 0 Å². The van der Waals surface area contributed by atoms with E-state index in [-0.39, 0.29) is 10.6 Å². The molecular weight excluding hydrogens is 304 g/mol. The molecule has 2 aromatic rings. The third-order valence-electron chi connectivity index (χ3n) is 2.71. The number of aromatic nitrogens is 1. The van der Waals surface area contributed by atoms with Crippen LogP contribution in [0.3, 0.4) is 0 Å². The van der Waals surface area contributed by atoms with E-state index in [2.05, 4.69) is 9.71 Å². The van der Waals surface area contributed by atoms with Crippen LogP contribution >= 0.6 is 11.6 Å². The number of carboxylic acid groups (broad SMARTS) is 1. The standard InChI is InChI=1S/C12H11ClN2O4S/c1-7-9(13)3-2-4-10(7)15-20(18,19)8-5-11(12(16)17)14-6-8/h2-6,14-15H,1H3,(H,16,17). The third kappa shape index (κ3) is 2.78. The number of hydrogen-bond acceptors (Lipinski definition) is 3. The van der Waals surface area contributed by atoms with Crippen LogP contribution in [0.4, 0.5) is 5.69 Å². The van der Waals surface area contributed by atoms with Crippen molar-refractivity contribution in [3.8, 4) is 0 Å². The first kappa shape index (κ1) is 14.4. The van der Waals surface area contributed by atoms with Crippen molar-refractivity contribution in [2.75, 3.05) is 4.72 Å². The van der Waals surface area contributed by atoms with Crippen LogP contribution < -0.4 is 4.72 Å². The summed E-state index contributed by atoms with van der Waals surface area (Å²) in [5.41, 5.74) is 0.732. The van der Waals surface area contributed by atoms with Crippen molar-refractivity contribution in [3.63, 3.8) is 0 Å². The van der Waals surface area contributed by atoms with E-state index < -0.39 is 16.0 Å². The van der Waals surface area contributed by atoms with Gasteiger partial charge < -0.3 is 10.1 Å². The predicted molar refractivity (Wildman–Crippen MR) is 74.7 cm³/mol. The van der Waals surface area contributed by atoms with Gasteiger partial charge in [-0.3, -0.25) is 4.72 Å². The molecule has 0 unspecified atom stereocenters. The minimum atomic E-state index is -3.87. The number of sulfonamides is 1. The summed E-state index contributed by atoms with van der Waals surface area (Å²) in [6.45, 7) is 1.68. The number of carbonyl (C=O) groups is 1. The van der Waals surface area contributed by atoms with Gasteiger partial charge in [-0.05, 0) is 30.7 Å². The molecule has 0 saturated carbocycles. The van der Waals surface area contributed by atoms with Gasteiger partial charge in [-0.25, -0.2) is 13.2 Å². The van der Waals surface area contributed by atoms with Crippen LogP contribution in [0, 0.1) is 6.92 Å². The van der Waals surface area contributed by atoms with E-state index in [0.29, 0.717) is 16.3 Å². The van der Waals surface area contributed by atoms with Crippen molar-refractivity contribution in [3.05, 3.63) is 46.7 Å². The number of aromatic amines is 1. The predicted octanol–water partition coefficient (Wildman–Crippen LogP) is 2.48. The minimum Gasteiger partial charge on any atom is -0.477 e. The highest BCUT2D eigenvalue weighted by molar-refractivity contribution is 7.92. The molecule has 3 N–H and O–H groups in total. The summed E-state index contributed by atoms with van der Waals surface area (Å²) in [5, 5.41) is 9.21. The van der Waals surface area contributed by atoms with Gasteiger partial charge in [0.25, 0.3) is 10.0 Å². The fourth-order valence-corrected chi connectivity index (χ4v) is 2.86. The Morgan fingerprint density at radius 1 is 1.40 bits per heavy atom. The molecule has 0 bridgehead atoms. The molecule has 0 saturated heterocycles. The number of aromatic carboxylic acids is 1. The van der Waals surface area contributed by atoms with E-state index in [1.807, 2.05) is 0 Å². The number of halogens is 1. The molecule has 20 heavy (non-hydrogen) atoms. The molecule has 1 aromatic heterocycles. The Hall–Kier alpha value is -1.99. The van der Waals surface area contributed by atoms with Gasteiger partial charge in [-0.15, -0.1) is 0 Å². The number of benzene rings is 1. The summed E-state index contributed by atoms with van der Waals surface area (Å²) in [6, 6.07) is 5.88. The third-order valence-corrected chi connectivity index (χ3v) is 4.46. The molecule has 8 heteroatoms. The van der Waals surface area contributed by atoms with E-state index >= 15 is 0 Å². The fraction of sp³-hybridized carbons (Fsp3) is 0.0833. The molecule has 0 spiro atoms. The minimum absolute atomic E-state index is 0.158. The second kappa shape index (κ2) is 5.18. The van der Waals surface area contributed by atoms with E-state index in [1.54, 1.807) is 25.1 Å². The van der Waals surface area contributed by atoms with Crippen LogP contribution in [-0.4, -0.2) is 24.5 Å². The van der Waals surface area contributed by atoms with Crippen molar-refractivity contribution in [1.82, 2.24) is 4.98 Å². The molecule has 0 atom stereocenters. The number of anilines is 1. The van der Waals surface area contributed by atoms with Crippen molar-refractivity contribution >= 4 is 33.3 Å². The van der Waals surface area contributed by atoms with Crippen molar-refractivity contribution in [2.45, 2.75) is 11.8 Å². The molecular formula is C12H11ClN2O4S. The van der Waals surface area contributed by atoms with Gasteiger partial charge in [0.2, 0.25) is 0 Å². The number of rotatable bonds is 4. The topological polar surface area (TPSA) is 99.3 Å². The van der Waals surface area contributed by atoms with Gasteiger partial charge in [-0.2, -0.15) is 0 Å². The van der Waals surface area contributed by atoms with Gasteiger partial charge >= 0.3 is 5.97 Å². The van der Waals surface area contributed by atoms with Gasteiger partial charge in [0, 0.05) is 11.2 Å². The van der Waals surface area contributed by atoms with E-state index in [1.165, 1.54) is 0 Å². The van der Waals surface area contributed by atoms with E-state index in [4.69, 9.17) is 16.7 Å². The summed E-state index contributed by atoms with van der Waals surface area (Å²) in [5.74, 6) is -1.23. The van der Waals surface area contributed by atoms with Crippen molar-refractivity contribution < 1.29 is 18.3 Å². The Labute approximate surface area is 120 Å². The maximum absolute atomic E-state index is 12.1. The number of carboxylic acids is 1. The number of hydrogen-bond donors (Lipinski definition) is 3. The zero-order valence-electron chi connectivity index (χ0n) is 10.3. The Bertz CT molecular complexity index is 768. The molecule has 6 nitrogen and oxygen atoms in total. The van der Waals surface area contributed by atoms with E-state index in [0.717, 1.165) is 12.3 Å². The first-order chi connectivity index (χ1) is 9.31. The molecule has 0 aliphatic carbocycles. The molecule has 1 aromatic carbocycles. The Kier molecular flexibility index (Phi) is 3.74. The Balaban J connectivity index is 2.35. The largest absolute Gasteiger partial charge is 0.477 e. The van der Waals surface area contributed by atoms with Gasteiger partial charge in [-0.1, -0.05) is 17.7 Å². The lowest BCUT2D eigenvalue weighted by atomic mass is 10.2. The first-order valence-corrected chi connectivity index (χ1v) is 7.37. The summed E-state index contributed by atoms with van der Waals surface area (Å²) in [6.07, 6.45) is 1.12. The van der Waals surface area contributed by atoms with Crippen LogP contribution in [0.1, 0.15) is 16.1 Å². The first-order valence-electron chi connectivity index (χ1n) is 5.51. The zero-order valence-corrected chi connectivity index (χ0v) is 11.9. The van der Waals surface area contributed by atoms with Crippen LogP contribution in [0.15, 0.2) is 35.4 Å². The van der Waals surface area contributed by atoms with Crippen LogP contribution in [-0.2, 0) is 10.0 Å². The number of nitrogens with one attached hydrogen (secondary N) is 2. The van der Waals surface area contributed by atoms with Gasteiger partial charge in [0.05, 0.1) is 5.69 Å². The highest BCUT2D eigenvalue weighted by Crippen LogP contribution is 2.25. The molecule has 2 rings (SSSR count). The average molecular weight is 315 g/mol. The highest BCUT2D eigenvalue weighted by Gasteiger charge is 2.19. The van der Waals surface area contributed by atoms with Gasteiger partial charge in [0.1, 0.15) is 10.6 Å². The normalized spacial score (nSPS) is 11.3. The molecule has 106 valence electrons. The molecule has 0 fully saturated rings. The maximum Gasteiger partial charge on any atom is 0.352 e. The lowest BCUT2D eigenvalue weighted by Crippen LogP contribution is -2.13. The Morgan fingerprint density at radius 3 is 2.70 bits per heavy atom. The molecule has 1 heterocycles. The molecule has 0 radical (unpaired) electrons. The zero-order chi connectivity index (χ0) is 14.9. The summed E-state index contributed by atoms with van der Waals surface area (Å²) in [4.78, 5) is 13.0. The lowest BCUT2D eigenvalue weighted by molar-refractivity contribution is 0.0691. The SMILES string of the molecule is Cc1c(Cl)cccc1NS(=O)(=O)c1c[nH]c(C(=O)O)c1. The summed E-state index contributed by atoms with van der Waals surface area (Å²) >= 11 is 5.92. The maximum atomic E-state index is 12.1. The highest BCUT2D eigenvalue weighted by atomic mass is 35.5. The van der Waals surface area contributed by atoms with Crippen LogP contribution in [0.2, 0.25) is 5.02 Å².